The number of hydrogen-bond acceptors (Lipinski definition) is 4. The van der Waals surface area contributed by atoms with E-state index in [1.807, 2.05) is 32.0 Å². The number of phenolic OH excluding ortho intramolecular Hbond substituents is 2. The second kappa shape index (κ2) is 6.10. The van der Waals surface area contributed by atoms with Gasteiger partial charge in [0, 0.05) is 11.1 Å². The van der Waals surface area contributed by atoms with Gasteiger partial charge in [-0.1, -0.05) is 24.3 Å². The predicted molar refractivity (Wildman–Crippen MR) is 80.1 cm³/mol. The quantitative estimate of drug-likeness (QED) is 0.591. The molecule has 3 N–H and O–H groups in total. The summed E-state index contributed by atoms with van der Waals surface area (Å²) in [7, 11) is 0. The van der Waals surface area contributed by atoms with Crippen molar-refractivity contribution in [2.75, 3.05) is 0 Å². The molecule has 0 saturated carbocycles. The van der Waals surface area contributed by atoms with Gasteiger partial charge in [-0.15, -0.1) is 0 Å². The van der Waals surface area contributed by atoms with Gasteiger partial charge in [0.15, 0.2) is 0 Å². The van der Waals surface area contributed by atoms with Crippen LogP contribution < -0.4 is 5.43 Å². The number of phenols is 2. The van der Waals surface area contributed by atoms with Crippen molar-refractivity contribution in [3.8, 4) is 11.5 Å². The summed E-state index contributed by atoms with van der Waals surface area (Å²) in [6.45, 7) is 4.29. The molecular formula is C16H18N2O2. The van der Waals surface area contributed by atoms with Crippen LogP contribution in [0.3, 0.4) is 0 Å². The number of hydrazone groups is 1. The van der Waals surface area contributed by atoms with Crippen LogP contribution in [-0.2, 0) is 6.54 Å². The molecule has 0 spiro atoms. The molecule has 2 rings (SSSR count). The van der Waals surface area contributed by atoms with Crippen molar-refractivity contribution in [3.63, 3.8) is 0 Å². The van der Waals surface area contributed by atoms with Gasteiger partial charge in [0.1, 0.15) is 11.5 Å². The summed E-state index contributed by atoms with van der Waals surface area (Å²) in [5, 5.41) is 23.6. The van der Waals surface area contributed by atoms with Gasteiger partial charge in [-0.05, 0) is 37.1 Å². The Morgan fingerprint density at radius 1 is 1.10 bits per heavy atom. The molecule has 0 amide bonds. The minimum atomic E-state index is 0.218. The van der Waals surface area contributed by atoms with E-state index in [2.05, 4.69) is 10.5 Å². The van der Waals surface area contributed by atoms with Gasteiger partial charge >= 0.3 is 0 Å². The minimum absolute atomic E-state index is 0.218. The maximum Gasteiger partial charge on any atom is 0.124 e. The SMILES string of the molecule is Cc1cc(C)c(C=NNCc2ccccc2O)c(O)c1. The third-order valence-corrected chi connectivity index (χ3v) is 3.06. The van der Waals surface area contributed by atoms with Crippen LogP contribution in [0.1, 0.15) is 22.3 Å². The number of aryl methyl sites for hydroxylation is 2. The Bertz CT molecular complexity index is 613. The average molecular weight is 270 g/mol. The Balaban J connectivity index is 2.03. The first kappa shape index (κ1) is 13.9. The number of aromatic hydroxyl groups is 2. The Labute approximate surface area is 118 Å². The largest absolute Gasteiger partial charge is 0.508 e. The highest BCUT2D eigenvalue weighted by Gasteiger charge is 2.03. The van der Waals surface area contributed by atoms with Gasteiger partial charge in [-0.25, -0.2) is 0 Å². The minimum Gasteiger partial charge on any atom is -0.508 e. The highest BCUT2D eigenvalue weighted by atomic mass is 16.3. The normalized spacial score (nSPS) is 10.9. The number of rotatable bonds is 4. The van der Waals surface area contributed by atoms with E-state index >= 15 is 0 Å². The summed E-state index contributed by atoms with van der Waals surface area (Å²) >= 11 is 0. The smallest absolute Gasteiger partial charge is 0.124 e. The molecule has 0 heterocycles. The van der Waals surface area contributed by atoms with Gasteiger partial charge in [0.2, 0.25) is 0 Å². The second-order valence-corrected chi connectivity index (χ2v) is 4.74. The number of para-hydroxylation sites is 1. The Hall–Kier alpha value is -2.49. The van der Waals surface area contributed by atoms with E-state index in [1.54, 1.807) is 24.4 Å². The monoisotopic (exact) mass is 270 g/mol. The molecule has 2 aromatic carbocycles. The third kappa shape index (κ3) is 3.29. The molecule has 104 valence electrons. The molecule has 0 aliphatic heterocycles. The molecular weight excluding hydrogens is 252 g/mol. The summed E-state index contributed by atoms with van der Waals surface area (Å²) in [6.07, 6.45) is 1.59. The van der Waals surface area contributed by atoms with E-state index in [1.165, 1.54) is 0 Å². The molecule has 4 nitrogen and oxygen atoms in total. The van der Waals surface area contributed by atoms with Crippen LogP contribution >= 0.6 is 0 Å². The summed E-state index contributed by atoms with van der Waals surface area (Å²) in [5.74, 6) is 0.458. The van der Waals surface area contributed by atoms with E-state index in [0.717, 1.165) is 16.7 Å². The van der Waals surface area contributed by atoms with Crippen molar-refractivity contribution in [1.29, 1.82) is 0 Å². The summed E-state index contributed by atoms with van der Waals surface area (Å²) in [4.78, 5) is 0. The number of hydrogen-bond donors (Lipinski definition) is 3. The molecule has 0 fully saturated rings. The van der Waals surface area contributed by atoms with E-state index < -0.39 is 0 Å². The Morgan fingerprint density at radius 2 is 1.85 bits per heavy atom. The molecule has 0 aliphatic rings. The van der Waals surface area contributed by atoms with Gasteiger partial charge in [0.25, 0.3) is 0 Å². The topological polar surface area (TPSA) is 64.9 Å². The van der Waals surface area contributed by atoms with Crippen molar-refractivity contribution >= 4 is 6.21 Å². The molecule has 2 aromatic rings. The fourth-order valence-corrected chi connectivity index (χ4v) is 2.03. The molecule has 0 unspecified atom stereocenters. The van der Waals surface area contributed by atoms with Crippen LogP contribution in [0.15, 0.2) is 41.5 Å². The van der Waals surface area contributed by atoms with Crippen LogP contribution in [0, 0.1) is 13.8 Å². The van der Waals surface area contributed by atoms with E-state index in [4.69, 9.17) is 0 Å². The standard InChI is InChI=1S/C16H18N2O2/c1-11-7-12(2)14(16(20)8-11)10-18-17-9-13-5-3-4-6-15(13)19/h3-8,10,17,19-20H,9H2,1-2H3. The maximum atomic E-state index is 9.87. The first-order valence-corrected chi connectivity index (χ1v) is 6.41. The third-order valence-electron chi connectivity index (χ3n) is 3.06. The zero-order valence-electron chi connectivity index (χ0n) is 11.6. The number of benzene rings is 2. The van der Waals surface area contributed by atoms with E-state index in [0.29, 0.717) is 12.1 Å². The summed E-state index contributed by atoms with van der Waals surface area (Å²) in [6, 6.07) is 10.8. The lowest BCUT2D eigenvalue weighted by atomic mass is 10.1. The summed E-state index contributed by atoms with van der Waals surface area (Å²) < 4.78 is 0. The lowest BCUT2D eigenvalue weighted by Crippen LogP contribution is -2.06. The molecule has 0 radical (unpaired) electrons. The lowest BCUT2D eigenvalue weighted by molar-refractivity contribution is 0.465. The number of nitrogens with one attached hydrogen (secondary N) is 1. The van der Waals surface area contributed by atoms with E-state index in [9.17, 15) is 10.2 Å². The van der Waals surface area contributed by atoms with Gasteiger partial charge in [-0.3, -0.25) is 0 Å². The molecule has 0 saturated heterocycles. The first-order chi connectivity index (χ1) is 9.58. The van der Waals surface area contributed by atoms with Gasteiger partial charge in [0.05, 0.1) is 12.8 Å². The lowest BCUT2D eigenvalue weighted by Gasteiger charge is -2.06. The van der Waals surface area contributed by atoms with Crippen LogP contribution in [0.5, 0.6) is 11.5 Å². The molecule has 20 heavy (non-hydrogen) atoms. The van der Waals surface area contributed by atoms with Crippen LogP contribution in [0.25, 0.3) is 0 Å². The first-order valence-electron chi connectivity index (χ1n) is 6.41. The van der Waals surface area contributed by atoms with Crippen molar-refractivity contribution in [2.45, 2.75) is 20.4 Å². The van der Waals surface area contributed by atoms with Crippen molar-refractivity contribution in [3.05, 3.63) is 58.7 Å². The van der Waals surface area contributed by atoms with Crippen LogP contribution in [0.2, 0.25) is 0 Å². The predicted octanol–water partition coefficient (Wildman–Crippen LogP) is 2.84. The zero-order chi connectivity index (χ0) is 14.5. The Kier molecular flexibility index (Phi) is 4.25. The zero-order valence-corrected chi connectivity index (χ0v) is 11.6. The van der Waals surface area contributed by atoms with Crippen LogP contribution in [0.4, 0.5) is 0 Å². The van der Waals surface area contributed by atoms with Crippen molar-refractivity contribution in [1.82, 2.24) is 5.43 Å². The van der Waals surface area contributed by atoms with Crippen LogP contribution in [-0.4, -0.2) is 16.4 Å². The molecule has 0 aromatic heterocycles. The van der Waals surface area contributed by atoms with Gasteiger partial charge < -0.3 is 15.6 Å². The van der Waals surface area contributed by atoms with Crippen molar-refractivity contribution < 1.29 is 10.2 Å². The molecule has 0 bridgehead atoms. The highest BCUT2D eigenvalue weighted by molar-refractivity contribution is 5.85. The molecule has 0 aliphatic carbocycles. The average Bonchev–Trinajstić information content (AvgIpc) is 2.38. The summed E-state index contributed by atoms with van der Waals surface area (Å²) in [5.41, 5.74) is 6.31. The number of nitrogens with zero attached hydrogens (tertiary/aromatic N) is 1. The fraction of sp³-hybridized carbons (Fsp3) is 0.188. The fourth-order valence-electron chi connectivity index (χ4n) is 2.03. The highest BCUT2D eigenvalue weighted by Crippen LogP contribution is 2.21. The Morgan fingerprint density at radius 3 is 2.55 bits per heavy atom. The van der Waals surface area contributed by atoms with E-state index in [-0.39, 0.29) is 11.5 Å². The molecule has 0 atom stereocenters. The maximum absolute atomic E-state index is 9.87. The second-order valence-electron chi connectivity index (χ2n) is 4.74. The molecule has 4 heteroatoms. The van der Waals surface area contributed by atoms with Crippen molar-refractivity contribution in [2.24, 2.45) is 5.10 Å². The van der Waals surface area contributed by atoms with Gasteiger partial charge in [-0.2, -0.15) is 5.10 Å².